The highest BCUT2D eigenvalue weighted by Crippen LogP contribution is 2.40. The first-order valence-corrected chi connectivity index (χ1v) is 10.2. The monoisotopic (exact) mass is 362 g/mol. The normalized spacial score (nSPS) is 17.7. The van der Waals surface area contributed by atoms with Gasteiger partial charge in [-0.2, -0.15) is 0 Å². The molecule has 124 valence electrons. The minimum Gasteiger partial charge on any atom is -0.301 e. The summed E-state index contributed by atoms with van der Waals surface area (Å²) in [7, 11) is 2.22. The second-order valence-corrected chi connectivity index (χ2v) is 8.70. The molecule has 0 N–H and O–H groups in total. The molecule has 4 aromatic rings. The van der Waals surface area contributed by atoms with E-state index in [4.69, 9.17) is 0 Å². The fraction of sp³-hybridized carbons (Fsp3) is 0.190. The second-order valence-electron chi connectivity index (χ2n) is 6.69. The lowest BCUT2D eigenvalue weighted by Gasteiger charge is -2.32. The molecule has 0 fully saturated rings. The Morgan fingerprint density at radius 2 is 2.04 bits per heavy atom. The van der Waals surface area contributed by atoms with Gasteiger partial charge in [-0.15, -0.1) is 22.7 Å². The van der Waals surface area contributed by atoms with E-state index < -0.39 is 0 Å². The van der Waals surface area contributed by atoms with Crippen LogP contribution >= 0.6 is 22.7 Å². The largest absolute Gasteiger partial charge is 0.301 e. The van der Waals surface area contributed by atoms with Crippen LogP contribution in [0.25, 0.3) is 20.7 Å². The third-order valence-electron chi connectivity index (χ3n) is 4.92. The van der Waals surface area contributed by atoms with Gasteiger partial charge in [0.25, 0.3) is 0 Å². The molecule has 0 saturated carbocycles. The molecule has 2 aromatic carbocycles. The smallest absolute Gasteiger partial charge is 0.123 e. The first-order valence-electron chi connectivity index (χ1n) is 8.47. The Labute approximate surface area is 155 Å². The molecule has 1 aliphatic rings. The van der Waals surface area contributed by atoms with Gasteiger partial charge in [-0.3, -0.25) is 0 Å². The molecular weight excluding hydrogens is 344 g/mol. The van der Waals surface area contributed by atoms with Gasteiger partial charge >= 0.3 is 0 Å². The van der Waals surface area contributed by atoms with E-state index in [0.717, 1.165) is 18.1 Å². The molecule has 25 heavy (non-hydrogen) atoms. The fourth-order valence-corrected chi connectivity index (χ4v) is 5.57. The van der Waals surface area contributed by atoms with Gasteiger partial charge in [-0.05, 0) is 41.8 Å². The minimum absolute atomic E-state index is 0.455. The highest BCUT2D eigenvalue weighted by molar-refractivity contribution is 7.19. The first-order chi connectivity index (χ1) is 12.3. The number of aromatic nitrogens is 1. The summed E-state index contributed by atoms with van der Waals surface area (Å²) in [6.45, 7) is 2.09. The van der Waals surface area contributed by atoms with Crippen molar-refractivity contribution in [3.63, 3.8) is 0 Å². The Morgan fingerprint density at radius 1 is 1.12 bits per heavy atom. The Bertz CT molecular complexity index is 1000. The van der Waals surface area contributed by atoms with Crippen LogP contribution in [0.15, 0.2) is 60.1 Å². The van der Waals surface area contributed by atoms with Crippen LogP contribution in [-0.4, -0.2) is 23.5 Å². The summed E-state index contributed by atoms with van der Waals surface area (Å²) < 4.78 is 1.38. The van der Waals surface area contributed by atoms with E-state index >= 15 is 0 Å². The van der Waals surface area contributed by atoms with E-state index in [0.29, 0.717) is 5.92 Å². The molecule has 2 nitrogen and oxygen atoms in total. The van der Waals surface area contributed by atoms with Crippen molar-refractivity contribution in [2.24, 2.45) is 0 Å². The minimum atomic E-state index is 0.455. The molecule has 0 spiro atoms. The molecule has 0 amide bonds. The first kappa shape index (κ1) is 15.3. The van der Waals surface area contributed by atoms with Crippen molar-refractivity contribution in [2.75, 3.05) is 13.6 Å². The second kappa shape index (κ2) is 6.06. The maximum atomic E-state index is 4.47. The lowest BCUT2D eigenvalue weighted by molar-refractivity contribution is 0.296. The van der Waals surface area contributed by atoms with Crippen molar-refractivity contribution in [3.8, 4) is 10.6 Å². The number of nitrogens with zero attached hydrogens (tertiary/aromatic N) is 2. The van der Waals surface area contributed by atoms with Crippen molar-refractivity contribution in [3.05, 3.63) is 76.1 Å². The zero-order valence-corrected chi connectivity index (χ0v) is 15.6. The summed E-state index contributed by atoms with van der Waals surface area (Å²) in [5, 5.41) is 4.51. The van der Waals surface area contributed by atoms with Gasteiger partial charge in [0.2, 0.25) is 0 Å². The standard InChI is InChI=1S/C21H18N2S2/c1-23-12-16-10-15(21-22-8-9-24-21)6-7-17(16)18(13-23)20-11-14-4-2-3-5-19(14)25-20/h2-11,18H,12-13H2,1H3. The lowest BCUT2D eigenvalue weighted by atomic mass is 9.87. The highest BCUT2D eigenvalue weighted by atomic mass is 32.1. The number of rotatable bonds is 2. The summed E-state index contributed by atoms with van der Waals surface area (Å²) in [5.41, 5.74) is 4.15. The van der Waals surface area contributed by atoms with E-state index in [-0.39, 0.29) is 0 Å². The van der Waals surface area contributed by atoms with Crippen LogP contribution in [0.4, 0.5) is 0 Å². The summed E-state index contributed by atoms with van der Waals surface area (Å²) in [6.07, 6.45) is 1.88. The third kappa shape index (κ3) is 2.71. The van der Waals surface area contributed by atoms with Gasteiger partial charge < -0.3 is 4.90 Å². The topological polar surface area (TPSA) is 16.1 Å². The van der Waals surface area contributed by atoms with Gasteiger partial charge in [0.05, 0.1) is 0 Å². The van der Waals surface area contributed by atoms with E-state index in [1.54, 1.807) is 11.3 Å². The van der Waals surface area contributed by atoms with Crippen LogP contribution in [0.1, 0.15) is 21.9 Å². The Hall–Kier alpha value is -2.01. The van der Waals surface area contributed by atoms with E-state index in [1.165, 1.54) is 31.7 Å². The third-order valence-corrected chi connectivity index (χ3v) is 6.97. The quantitative estimate of drug-likeness (QED) is 0.461. The summed E-state index contributed by atoms with van der Waals surface area (Å²) in [5.74, 6) is 0.455. The molecule has 1 aliphatic heterocycles. The van der Waals surface area contributed by atoms with Crippen LogP contribution in [0.3, 0.4) is 0 Å². The van der Waals surface area contributed by atoms with E-state index in [9.17, 15) is 0 Å². The van der Waals surface area contributed by atoms with Gasteiger partial charge in [-0.1, -0.05) is 30.3 Å². The molecule has 5 rings (SSSR count). The molecule has 0 aliphatic carbocycles. The van der Waals surface area contributed by atoms with Gasteiger partial charge in [0.15, 0.2) is 0 Å². The number of likely N-dealkylation sites (N-methyl/N-ethyl adjacent to an activating group) is 1. The van der Waals surface area contributed by atoms with Crippen LogP contribution in [0.5, 0.6) is 0 Å². The lowest BCUT2D eigenvalue weighted by Crippen LogP contribution is -2.30. The molecule has 0 saturated heterocycles. The van der Waals surface area contributed by atoms with Gasteiger partial charge in [-0.25, -0.2) is 4.98 Å². The number of fused-ring (bicyclic) bond motifs is 2. The number of thiophene rings is 1. The number of thiazole rings is 1. The fourth-order valence-electron chi connectivity index (χ4n) is 3.76. The van der Waals surface area contributed by atoms with Gasteiger partial charge in [0.1, 0.15) is 5.01 Å². The van der Waals surface area contributed by atoms with E-state index in [1.807, 2.05) is 22.9 Å². The molecule has 1 atom stereocenters. The molecule has 0 bridgehead atoms. The zero-order chi connectivity index (χ0) is 16.8. The average molecular weight is 363 g/mol. The van der Waals surface area contributed by atoms with Crippen molar-refractivity contribution in [2.45, 2.75) is 12.5 Å². The molecule has 2 aromatic heterocycles. The van der Waals surface area contributed by atoms with Crippen molar-refractivity contribution < 1.29 is 0 Å². The Balaban J connectivity index is 1.60. The van der Waals surface area contributed by atoms with Crippen molar-refractivity contribution in [1.82, 2.24) is 9.88 Å². The predicted octanol–water partition coefficient (Wildman–Crippen LogP) is 5.60. The summed E-state index contributed by atoms with van der Waals surface area (Å²) in [6, 6.07) is 18.0. The number of benzene rings is 2. The SMILES string of the molecule is CN1Cc2cc(-c3nccs3)ccc2C(c2cc3ccccc3s2)C1. The summed E-state index contributed by atoms with van der Waals surface area (Å²) in [4.78, 5) is 8.37. The van der Waals surface area contributed by atoms with Crippen molar-refractivity contribution in [1.29, 1.82) is 0 Å². The van der Waals surface area contributed by atoms with Crippen LogP contribution in [0, 0.1) is 0 Å². The van der Waals surface area contributed by atoms with Crippen LogP contribution < -0.4 is 0 Å². The Kier molecular flexibility index (Phi) is 3.70. The Morgan fingerprint density at radius 3 is 2.88 bits per heavy atom. The highest BCUT2D eigenvalue weighted by Gasteiger charge is 2.26. The zero-order valence-electron chi connectivity index (χ0n) is 14.0. The van der Waals surface area contributed by atoms with Crippen LogP contribution in [-0.2, 0) is 6.54 Å². The predicted molar refractivity (Wildman–Crippen MR) is 108 cm³/mol. The molecule has 4 heteroatoms. The van der Waals surface area contributed by atoms with E-state index in [2.05, 4.69) is 65.5 Å². The average Bonchev–Trinajstić information content (AvgIpc) is 3.30. The maximum absolute atomic E-state index is 4.47. The summed E-state index contributed by atoms with van der Waals surface area (Å²) >= 11 is 3.64. The number of hydrogen-bond donors (Lipinski definition) is 0. The number of hydrogen-bond acceptors (Lipinski definition) is 4. The van der Waals surface area contributed by atoms with Gasteiger partial charge in [0, 0.05) is 45.7 Å². The van der Waals surface area contributed by atoms with Crippen LogP contribution in [0.2, 0.25) is 0 Å². The molecule has 1 unspecified atom stereocenters. The maximum Gasteiger partial charge on any atom is 0.123 e. The molecular formula is C21H18N2S2. The molecule has 0 radical (unpaired) electrons. The van der Waals surface area contributed by atoms with Crippen molar-refractivity contribution >= 4 is 32.8 Å². The molecule has 3 heterocycles.